The topological polar surface area (TPSA) is 55.1 Å². The second kappa shape index (κ2) is 3.65. The van der Waals surface area contributed by atoms with E-state index in [1.807, 2.05) is 13.8 Å². The molecule has 11 heavy (non-hydrogen) atoms. The fourth-order valence-electron chi connectivity index (χ4n) is 1.06. The Labute approximate surface area is 70.3 Å². The highest BCUT2D eigenvalue weighted by molar-refractivity contribution is 7.83. The zero-order valence-corrected chi connectivity index (χ0v) is 7.86. The Kier molecular flexibility index (Phi) is 3.04. The van der Waals surface area contributed by atoms with E-state index in [1.165, 1.54) is 0 Å². The van der Waals surface area contributed by atoms with Crippen LogP contribution in [0.1, 0.15) is 26.7 Å². The van der Waals surface area contributed by atoms with Crippen LogP contribution < -0.4 is 10.5 Å². The van der Waals surface area contributed by atoms with Crippen LogP contribution in [-0.4, -0.2) is 21.5 Å². The van der Waals surface area contributed by atoms with Gasteiger partial charge in [-0.1, -0.05) is 0 Å². The first-order valence-corrected chi connectivity index (χ1v) is 5.23. The van der Waals surface area contributed by atoms with Gasteiger partial charge in [0, 0.05) is 17.3 Å². The van der Waals surface area contributed by atoms with Crippen molar-refractivity contribution >= 4 is 11.0 Å². The molecule has 0 heterocycles. The average Bonchev–Trinajstić information content (AvgIpc) is 1.84. The normalized spacial score (nSPS) is 33.5. The van der Waals surface area contributed by atoms with Gasteiger partial charge in [0.1, 0.15) is 0 Å². The lowest BCUT2D eigenvalue weighted by Crippen LogP contribution is -2.49. The Balaban J connectivity index is 2.17. The van der Waals surface area contributed by atoms with Crippen LogP contribution in [0.5, 0.6) is 0 Å². The van der Waals surface area contributed by atoms with Crippen molar-refractivity contribution in [2.24, 2.45) is 5.73 Å². The Hall–Kier alpha value is 0.0700. The first-order chi connectivity index (χ1) is 5.09. The van der Waals surface area contributed by atoms with Gasteiger partial charge in [0.2, 0.25) is 0 Å². The largest absolute Gasteiger partial charge is 0.328 e. The molecule has 0 aliphatic heterocycles. The van der Waals surface area contributed by atoms with E-state index >= 15 is 0 Å². The molecule has 1 fully saturated rings. The number of nitrogens with two attached hydrogens (primary N) is 1. The summed E-state index contributed by atoms with van der Waals surface area (Å²) in [5.74, 6) is 0. The van der Waals surface area contributed by atoms with Gasteiger partial charge in [0.15, 0.2) is 0 Å². The van der Waals surface area contributed by atoms with Gasteiger partial charge < -0.3 is 5.73 Å². The second-order valence-corrected chi connectivity index (χ2v) is 5.17. The van der Waals surface area contributed by atoms with E-state index in [0.29, 0.717) is 12.1 Å². The SMILES string of the molecule is CC(C)S(=O)NC1CC(N)C1. The maximum atomic E-state index is 11.2. The molecule has 1 unspecified atom stereocenters. The van der Waals surface area contributed by atoms with E-state index in [2.05, 4.69) is 4.72 Å². The summed E-state index contributed by atoms with van der Waals surface area (Å²) in [5.41, 5.74) is 5.58. The maximum Gasteiger partial charge on any atom is 0.0943 e. The molecule has 0 aromatic heterocycles. The molecule has 1 saturated carbocycles. The Morgan fingerprint density at radius 1 is 1.55 bits per heavy atom. The van der Waals surface area contributed by atoms with Crippen molar-refractivity contribution in [2.45, 2.75) is 44.0 Å². The molecule has 1 aliphatic rings. The highest BCUT2D eigenvalue weighted by Gasteiger charge is 2.27. The summed E-state index contributed by atoms with van der Waals surface area (Å²) in [5, 5.41) is 0.201. The molecule has 4 heteroatoms. The van der Waals surface area contributed by atoms with Crippen LogP contribution in [0, 0.1) is 0 Å². The van der Waals surface area contributed by atoms with Crippen molar-refractivity contribution in [1.82, 2.24) is 4.72 Å². The molecule has 0 aromatic carbocycles. The van der Waals surface area contributed by atoms with Gasteiger partial charge in [-0.15, -0.1) is 0 Å². The minimum absolute atomic E-state index is 0.201. The van der Waals surface area contributed by atoms with Gasteiger partial charge in [-0.25, -0.2) is 8.93 Å². The third-order valence-corrected chi connectivity index (χ3v) is 3.31. The molecule has 3 N–H and O–H groups in total. The molecular formula is C7H16N2OS. The van der Waals surface area contributed by atoms with Gasteiger partial charge in [-0.05, 0) is 26.7 Å². The maximum absolute atomic E-state index is 11.2. The van der Waals surface area contributed by atoms with Gasteiger partial charge in [-0.2, -0.15) is 0 Å². The molecule has 66 valence electrons. The lowest BCUT2D eigenvalue weighted by Gasteiger charge is -2.32. The first-order valence-electron chi connectivity index (χ1n) is 4.02. The fourth-order valence-corrected chi connectivity index (χ4v) is 1.85. The lowest BCUT2D eigenvalue weighted by molar-refractivity contribution is 0.330. The summed E-state index contributed by atoms with van der Waals surface area (Å²) in [4.78, 5) is 0. The predicted octanol–water partition coefficient (Wildman–Crippen LogP) is 0.138. The summed E-state index contributed by atoms with van der Waals surface area (Å²) in [6.45, 7) is 3.89. The highest BCUT2D eigenvalue weighted by Crippen LogP contribution is 2.17. The molecule has 0 saturated heterocycles. The monoisotopic (exact) mass is 176 g/mol. The van der Waals surface area contributed by atoms with Crippen LogP contribution >= 0.6 is 0 Å². The van der Waals surface area contributed by atoms with E-state index in [1.54, 1.807) is 0 Å². The van der Waals surface area contributed by atoms with E-state index < -0.39 is 11.0 Å². The standard InChI is InChI=1S/C7H16N2OS/c1-5(2)11(10)9-7-3-6(8)4-7/h5-7,9H,3-4,8H2,1-2H3. The van der Waals surface area contributed by atoms with Crippen LogP contribution in [0.4, 0.5) is 0 Å². The van der Waals surface area contributed by atoms with E-state index in [4.69, 9.17) is 5.73 Å². The minimum atomic E-state index is -0.871. The number of nitrogens with one attached hydrogen (secondary N) is 1. The van der Waals surface area contributed by atoms with Gasteiger partial charge in [-0.3, -0.25) is 0 Å². The number of hydrogen-bond acceptors (Lipinski definition) is 2. The Morgan fingerprint density at radius 2 is 2.09 bits per heavy atom. The quantitative estimate of drug-likeness (QED) is 0.642. The summed E-state index contributed by atoms with van der Waals surface area (Å²) in [6, 6.07) is 0.727. The molecule has 0 bridgehead atoms. The van der Waals surface area contributed by atoms with Crippen LogP contribution in [0.15, 0.2) is 0 Å². The molecule has 0 amide bonds. The van der Waals surface area contributed by atoms with Gasteiger partial charge >= 0.3 is 0 Å². The van der Waals surface area contributed by atoms with Crippen LogP contribution in [-0.2, 0) is 11.0 Å². The third kappa shape index (κ3) is 2.54. The molecule has 1 rings (SSSR count). The van der Waals surface area contributed by atoms with Crippen molar-refractivity contribution in [3.05, 3.63) is 0 Å². The number of rotatable bonds is 3. The van der Waals surface area contributed by atoms with Crippen molar-refractivity contribution < 1.29 is 4.21 Å². The van der Waals surface area contributed by atoms with E-state index in [9.17, 15) is 4.21 Å². The molecule has 3 nitrogen and oxygen atoms in total. The fraction of sp³-hybridized carbons (Fsp3) is 1.00. The zero-order valence-electron chi connectivity index (χ0n) is 7.04. The Bertz CT molecular complexity index is 155. The van der Waals surface area contributed by atoms with Crippen LogP contribution in [0.2, 0.25) is 0 Å². The summed E-state index contributed by atoms with van der Waals surface area (Å²) in [6.07, 6.45) is 1.94. The van der Waals surface area contributed by atoms with Crippen LogP contribution in [0.25, 0.3) is 0 Å². The Morgan fingerprint density at radius 3 is 2.45 bits per heavy atom. The van der Waals surface area contributed by atoms with Crippen molar-refractivity contribution in [3.63, 3.8) is 0 Å². The van der Waals surface area contributed by atoms with E-state index in [0.717, 1.165) is 12.8 Å². The lowest BCUT2D eigenvalue weighted by atomic mass is 9.89. The minimum Gasteiger partial charge on any atom is -0.328 e. The molecule has 0 radical (unpaired) electrons. The molecule has 0 aromatic rings. The van der Waals surface area contributed by atoms with Gasteiger partial charge in [0.05, 0.1) is 11.0 Å². The smallest absolute Gasteiger partial charge is 0.0943 e. The second-order valence-electron chi connectivity index (χ2n) is 3.39. The molecule has 1 atom stereocenters. The molecule has 1 aliphatic carbocycles. The number of hydrogen-bond donors (Lipinski definition) is 2. The zero-order chi connectivity index (χ0) is 8.43. The summed E-state index contributed by atoms with van der Waals surface area (Å²) >= 11 is 0. The van der Waals surface area contributed by atoms with Crippen LogP contribution in [0.3, 0.4) is 0 Å². The van der Waals surface area contributed by atoms with Gasteiger partial charge in [0.25, 0.3) is 0 Å². The molecule has 0 spiro atoms. The summed E-state index contributed by atoms with van der Waals surface area (Å²) in [7, 11) is -0.871. The van der Waals surface area contributed by atoms with Crippen molar-refractivity contribution in [1.29, 1.82) is 0 Å². The summed E-state index contributed by atoms with van der Waals surface area (Å²) < 4.78 is 14.3. The van der Waals surface area contributed by atoms with E-state index in [-0.39, 0.29) is 5.25 Å². The predicted molar refractivity (Wildman–Crippen MR) is 47.4 cm³/mol. The third-order valence-electron chi connectivity index (χ3n) is 1.89. The average molecular weight is 176 g/mol. The highest BCUT2D eigenvalue weighted by atomic mass is 32.2. The molecular weight excluding hydrogens is 160 g/mol. The van der Waals surface area contributed by atoms with Crippen molar-refractivity contribution in [3.8, 4) is 0 Å². The first kappa shape index (κ1) is 9.16. The van der Waals surface area contributed by atoms with Crippen molar-refractivity contribution in [2.75, 3.05) is 0 Å².